The number of thiophene rings is 1. The maximum atomic E-state index is 5.56. The minimum Gasteiger partial charge on any atom is -0.330 e. The standard InChI is InChI=1S/C11H13NS/c1-8-7-13-11-9(5-6-12)3-2-4-10(8)11/h2-4,7H,5-6,12H2,1H3. The monoisotopic (exact) mass is 191 g/mol. The van der Waals surface area contributed by atoms with Crippen molar-refractivity contribution in [2.45, 2.75) is 13.3 Å². The van der Waals surface area contributed by atoms with E-state index in [1.165, 1.54) is 21.2 Å². The summed E-state index contributed by atoms with van der Waals surface area (Å²) < 4.78 is 1.41. The van der Waals surface area contributed by atoms with Crippen LogP contribution in [0.15, 0.2) is 23.6 Å². The van der Waals surface area contributed by atoms with Crippen molar-refractivity contribution in [2.24, 2.45) is 5.73 Å². The number of nitrogens with two attached hydrogens (primary N) is 1. The summed E-state index contributed by atoms with van der Waals surface area (Å²) >= 11 is 1.82. The number of benzene rings is 1. The molecule has 1 nitrogen and oxygen atoms in total. The molecule has 0 aliphatic rings. The van der Waals surface area contributed by atoms with Crippen molar-refractivity contribution in [3.63, 3.8) is 0 Å². The Morgan fingerprint density at radius 3 is 3.00 bits per heavy atom. The topological polar surface area (TPSA) is 26.0 Å². The molecule has 0 amide bonds. The van der Waals surface area contributed by atoms with Crippen LogP contribution >= 0.6 is 11.3 Å². The van der Waals surface area contributed by atoms with Gasteiger partial charge in [-0.25, -0.2) is 0 Å². The van der Waals surface area contributed by atoms with Crippen LogP contribution < -0.4 is 5.73 Å². The molecule has 0 fully saturated rings. The zero-order valence-electron chi connectivity index (χ0n) is 7.71. The Labute approximate surface area is 82.2 Å². The van der Waals surface area contributed by atoms with E-state index in [0.717, 1.165) is 13.0 Å². The van der Waals surface area contributed by atoms with E-state index in [-0.39, 0.29) is 0 Å². The Morgan fingerprint density at radius 2 is 2.23 bits per heavy atom. The molecule has 13 heavy (non-hydrogen) atoms. The van der Waals surface area contributed by atoms with Crippen LogP contribution in [0.5, 0.6) is 0 Å². The van der Waals surface area contributed by atoms with Crippen LogP contribution in [0.4, 0.5) is 0 Å². The van der Waals surface area contributed by atoms with Gasteiger partial charge in [-0.1, -0.05) is 18.2 Å². The lowest BCUT2D eigenvalue weighted by Crippen LogP contribution is -2.02. The van der Waals surface area contributed by atoms with E-state index in [0.29, 0.717) is 0 Å². The number of aryl methyl sites for hydroxylation is 1. The van der Waals surface area contributed by atoms with Crippen LogP contribution in [-0.4, -0.2) is 6.54 Å². The third kappa shape index (κ3) is 1.47. The summed E-state index contributed by atoms with van der Waals surface area (Å²) in [6.45, 7) is 2.89. The Balaban J connectivity index is 2.63. The highest BCUT2D eigenvalue weighted by atomic mass is 32.1. The van der Waals surface area contributed by atoms with Crippen LogP contribution in [0, 0.1) is 6.92 Å². The molecule has 0 spiro atoms. The first-order valence-electron chi connectivity index (χ1n) is 4.48. The largest absolute Gasteiger partial charge is 0.330 e. The third-order valence-corrected chi connectivity index (χ3v) is 3.48. The third-order valence-electron chi connectivity index (χ3n) is 2.29. The molecule has 1 aromatic carbocycles. The number of fused-ring (bicyclic) bond motifs is 1. The van der Waals surface area contributed by atoms with Crippen molar-refractivity contribution in [3.8, 4) is 0 Å². The molecule has 0 aliphatic heterocycles. The van der Waals surface area contributed by atoms with E-state index in [1.54, 1.807) is 0 Å². The smallest absolute Gasteiger partial charge is 0.0377 e. The first-order valence-corrected chi connectivity index (χ1v) is 5.36. The first-order chi connectivity index (χ1) is 6.33. The highest BCUT2D eigenvalue weighted by Crippen LogP contribution is 2.28. The molecule has 0 saturated heterocycles. The van der Waals surface area contributed by atoms with Gasteiger partial charge in [0.25, 0.3) is 0 Å². The second-order valence-electron chi connectivity index (χ2n) is 3.25. The van der Waals surface area contributed by atoms with Gasteiger partial charge in [0.1, 0.15) is 0 Å². The fourth-order valence-electron chi connectivity index (χ4n) is 1.60. The Bertz CT molecular complexity index is 417. The number of hydrogen-bond acceptors (Lipinski definition) is 2. The maximum absolute atomic E-state index is 5.56. The minimum atomic E-state index is 0.732. The SMILES string of the molecule is Cc1csc2c(CCN)cccc12. The van der Waals surface area contributed by atoms with Crippen LogP contribution in [0.3, 0.4) is 0 Å². The lowest BCUT2D eigenvalue weighted by atomic mass is 10.1. The molecule has 68 valence electrons. The molecule has 2 heteroatoms. The average molecular weight is 191 g/mol. The lowest BCUT2D eigenvalue weighted by Gasteiger charge is -2.00. The fraction of sp³-hybridized carbons (Fsp3) is 0.273. The lowest BCUT2D eigenvalue weighted by molar-refractivity contribution is 0.979. The summed E-state index contributed by atoms with van der Waals surface area (Å²) in [6.07, 6.45) is 0.983. The molecule has 0 aliphatic carbocycles. The number of rotatable bonds is 2. The van der Waals surface area contributed by atoms with Crippen molar-refractivity contribution >= 4 is 21.4 Å². The highest BCUT2D eigenvalue weighted by molar-refractivity contribution is 7.17. The van der Waals surface area contributed by atoms with Gasteiger partial charge in [0.05, 0.1) is 0 Å². The molecule has 0 saturated carbocycles. The van der Waals surface area contributed by atoms with Gasteiger partial charge in [-0.05, 0) is 41.8 Å². The molecule has 1 aromatic heterocycles. The van der Waals surface area contributed by atoms with Gasteiger partial charge in [0.15, 0.2) is 0 Å². The molecule has 0 bridgehead atoms. The Morgan fingerprint density at radius 1 is 1.38 bits per heavy atom. The van der Waals surface area contributed by atoms with Crippen LogP contribution in [0.25, 0.3) is 10.1 Å². The van der Waals surface area contributed by atoms with E-state index in [9.17, 15) is 0 Å². The highest BCUT2D eigenvalue weighted by Gasteiger charge is 2.03. The van der Waals surface area contributed by atoms with Crippen molar-refractivity contribution in [2.75, 3.05) is 6.54 Å². The second kappa shape index (κ2) is 3.48. The van der Waals surface area contributed by atoms with Crippen molar-refractivity contribution in [1.82, 2.24) is 0 Å². The first kappa shape index (κ1) is 8.73. The summed E-state index contributed by atoms with van der Waals surface area (Å²) in [7, 11) is 0. The zero-order valence-corrected chi connectivity index (χ0v) is 8.53. The predicted octanol–water partition coefficient (Wildman–Crippen LogP) is 2.71. The summed E-state index contributed by atoms with van der Waals surface area (Å²) in [6, 6.07) is 6.47. The molecular formula is C11H13NS. The van der Waals surface area contributed by atoms with Crippen molar-refractivity contribution in [1.29, 1.82) is 0 Å². The molecule has 2 rings (SSSR count). The van der Waals surface area contributed by atoms with Gasteiger partial charge in [0.2, 0.25) is 0 Å². The molecule has 1 heterocycles. The van der Waals surface area contributed by atoms with E-state index in [1.807, 2.05) is 11.3 Å². The molecule has 2 N–H and O–H groups in total. The normalized spacial score (nSPS) is 10.9. The summed E-state index contributed by atoms with van der Waals surface area (Å²) in [4.78, 5) is 0. The van der Waals surface area contributed by atoms with Gasteiger partial charge in [-0.3, -0.25) is 0 Å². The van der Waals surface area contributed by atoms with Crippen LogP contribution in [0.2, 0.25) is 0 Å². The average Bonchev–Trinajstić information content (AvgIpc) is 2.50. The second-order valence-corrected chi connectivity index (χ2v) is 4.13. The van der Waals surface area contributed by atoms with Gasteiger partial charge in [-0.15, -0.1) is 11.3 Å². The maximum Gasteiger partial charge on any atom is 0.0377 e. The van der Waals surface area contributed by atoms with E-state index in [2.05, 4.69) is 30.5 Å². The molecule has 0 radical (unpaired) electrons. The van der Waals surface area contributed by atoms with E-state index < -0.39 is 0 Å². The van der Waals surface area contributed by atoms with Gasteiger partial charge in [-0.2, -0.15) is 0 Å². The quantitative estimate of drug-likeness (QED) is 0.776. The molecule has 0 unspecified atom stereocenters. The molecule has 2 aromatic rings. The van der Waals surface area contributed by atoms with E-state index >= 15 is 0 Å². The molecular weight excluding hydrogens is 178 g/mol. The van der Waals surface area contributed by atoms with Gasteiger partial charge in [0, 0.05) is 4.70 Å². The summed E-state index contributed by atoms with van der Waals surface area (Å²) in [5, 5.41) is 3.60. The zero-order chi connectivity index (χ0) is 9.26. The summed E-state index contributed by atoms with van der Waals surface area (Å²) in [5.74, 6) is 0. The Kier molecular flexibility index (Phi) is 2.34. The minimum absolute atomic E-state index is 0.732. The van der Waals surface area contributed by atoms with Crippen LogP contribution in [-0.2, 0) is 6.42 Å². The summed E-state index contributed by atoms with van der Waals surface area (Å²) in [5.41, 5.74) is 8.32. The van der Waals surface area contributed by atoms with Gasteiger partial charge < -0.3 is 5.73 Å². The van der Waals surface area contributed by atoms with Crippen molar-refractivity contribution in [3.05, 3.63) is 34.7 Å². The molecule has 0 atom stereocenters. The van der Waals surface area contributed by atoms with Crippen molar-refractivity contribution < 1.29 is 0 Å². The van der Waals surface area contributed by atoms with Gasteiger partial charge >= 0.3 is 0 Å². The van der Waals surface area contributed by atoms with E-state index in [4.69, 9.17) is 5.73 Å². The predicted molar refractivity (Wildman–Crippen MR) is 59.3 cm³/mol. The number of hydrogen-bond donors (Lipinski definition) is 1. The van der Waals surface area contributed by atoms with Crippen LogP contribution in [0.1, 0.15) is 11.1 Å². The Hall–Kier alpha value is -0.860. The fourth-order valence-corrected chi connectivity index (χ4v) is 2.70.